The van der Waals surface area contributed by atoms with Crippen LogP contribution in [0.2, 0.25) is 0 Å². The molecule has 0 aliphatic carbocycles. The van der Waals surface area contributed by atoms with Crippen molar-refractivity contribution in [3.63, 3.8) is 0 Å². The van der Waals surface area contributed by atoms with Gasteiger partial charge in [0.2, 0.25) is 0 Å². The molecule has 1 aromatic heterocycles. The number of hydrogen-bond donors (Lipinski definition) is 2. The molecule has 86 valence electrons. The van der Waals surface area contributed by atoms with Gasteiger partial charge < -0.3 is 10.0 Å². The number of carbonyl (C=O) groups is 2. The Balaban J connectivity index is 2.86. The largest absolute Gasteiger partial charge is 0.480 e. The number of pyridine rings is 1. The van der Waals surface area contributed by atoms with Crippen molar-refractivity contribution in [3.05, 3.63) is 24.5 Å². The van der Waals surface area contributed by atoms with Gasteiger partial charge in [-0.25, -0.2) is 4.79 Å². The lowest BCUT2D eigenvalue weighted by Gasteiger charge is -2.20. The molecule has 0 spiro atoms. The van der Waals surface area contributed by atoms with E-state index in [1.54, 1.807) is 18.3 Å². The van der Waals surface area contributed by atoms with Crippen LogP contribution in [0.4, 0.5) is 5.69 Å². The Kier molecular flexibility index (Phi) is 3.96. The highest BCUT2D eigenvalue weighted by Gasteiger charge is 2.27. The molecular formula is C10H13N3O3. The molecule has 0 saturated carbocycles. The number of nitrogens with zero attached hydrogens (tertiary/aromatic N) is 2. The summed E-state index contributed by atoms with van der Waals surface area (Å²) >= 11 is 0. The van der Waals surface area contributed by atoms with Gasteiger partial charge in [0.05, 0.1) is 11.9 Å². The number of anilines is 1. The first-order valence-corrected chi connectivity index (χ1v) is 4.65. The highest BCUT2D eigenvalue weighted by molar-refractivity contribution is 6.08. The third-order valence-electron chi connectivity index (χ3n) is 2.15. The highest BCUT2D eigenvalue weighted by atomic mass is 16.4. The maximum Gasteiger partial charge on any atom is 0.330 e. The van der Waals surface area contributed by atoms with E-state index >= 15 is 0 Å². The van der Waals surface area contributed by atoms with Gasteiger partial charge in [0.1, 0.15) is 0 Å². The summed E-state index contributed by atoms with van der Waals surface area (Å²) in [5.41, 5.74) is 0.550. The zero-order chi connectivity index (χ0) is 12.1. The molecule has 0 radical (unpaired) electrons. The molecule has 1 rings (SSSR count). The molecule has 16 heavy (non-hydrogen) atoms. The molecule has 2 N–H and O–H groups in total. The quantitative estimate of drug-likeness (QED) is 0.686. The molecule has 1 unspecified atom stereocenters. The van der Waals surface area contributed by atoms with Gasteiger partial charge in [-0.1, -0.05) is 0 Å². The summed E-state index contributed by atoms with van der Waals surface area (Å²) in [6.45, 7) is 0. The zero-order valence-electron chi connectivity index (χ0n) is 9.04. The van der Waals surface area contributed by atoms with E-state index in [0.29, 0.717) is 5.69 Å². The number of rotatable bonds is 4. The van der Waals surface area contributed by atoms with Crippen LogP contribution in [0.15, 0.2) is 24.5 Å². The molecule has 1 heterocycles. The average molecular weight is 223 g/mol. The van der Waals surface area contributed by atoms with Gasteiger partial charge in [0, 0.05) is 13.2 Å². The van der Waals surface area contributed by atoms with Crippen LogP contribution >= 0.6 is 0 Å². The summed E-state index contributed by atoms with van der Waals surface area (Å²) in [5, 5.41) is 11.3. The molecule has 6 heteroatoms. The Morgan fingerprint density at radius 3 is 2.69 bits per heavy atom. The number of likely N-dealkylation sites (N-methyl/N-ethyl adjacent to an activating group) is 2. The van der Waals surface area contributed by atoms with Gasteiger partial charge >= 0.3 is 5.97 Å². The Hall–Kier alpha value is -1.95. The smallest absolute Gasteiger partial charge is 0.330 e. The van der Waals surface area contributed by atoms with Crippen molar-refractivity contribution >= 4 is 17.6 Å². The van der Waals surface area contributed by atoms with Crippen molar-refractivity contribution in [2.45, 2.75) is 6.04 Å². The number of hydrogen-bond acceptors (Lipinski definition) is 4. The molecule has 0 bridgehead atoms. The van der Waals surface area contributed by atoms with Gasteiger partial charge in [-0.2, -0.15) is 0 Å². The first-order chi connectivity index (χ1) is 7.57. The van der Waals surface area contributed by atoms with Crippen molar-refractivity contribution < 1.29 is 14.7 Å². The molecule has 1 aromatic rings. The lowest BCUT2D eigenvalue weighted by Crippen LogP contribution is -2.48. The first kappa shape index (κ1) is 12.1. The normalized spacial score (nSPS) is 11.9. The van der Waals surface area contributed by atoms with Crippen LogP contribution in [-0.4, -0.2) is 42.1 Å². The fraction of sp³-hybridized carbons (Fsp3) is 0.300. The van der Waals surface area contributed by atoms with E-state index in [-0.39, 0.29) is 0 Å². The zero-order valence-corrected chi connectivity index (χ0v) is 9.04. The lowest BCUT2D eigenvalue weighted by atomic mass is 10.2. The molecule has 0 aliphatic heterocycles. The Morgan fingerprint density at radius 1 is 1.56 bits per heavy atom. The summed E-state index contributed by atoms with van der Waals surface area (Å²) in [6, 6.07) is 2.11. The minimum atomic E-state index is -1.25. The minimum Gasteiger partial charge on any atom is -0.480 e. The number of aromatic nitrogens is 1. The monoisotopic (exact) mass is 223 g/mol. The Bertz CT molecular complexity index is 380. The van der Waals surface area contributed by atoms with E-state index in [2.05, 4.69) is 10.3 Å². The van der Waals surface area contributed by atoms with Gasteiger partial charge in [-0.15, -0.1) is 0 Å². The summed E-state index contributed by atoms with van der Waals surface area (Å²) in [5.74, 6) is -1.74. The fourth-order valence-corrected chi connectivity index (χ4v) is 1.23. The van der Waals surface area contributed by atoms with Crippen LogP contribution in [-0.2, 0) is 9.59 Å². The second kappa shape index (κ2) is 5.22. The van der Waals surface area contributed by atoms with Crippen LogP contribution in [0.1, 0.15) is 0 Å². The fourth-order valence-electron chi connectivity index (χ4n) is 1.23. The number of carbonyl (C=O) groups excluding carboxylic acids is 1. The molecule has 0 saturated heterocycles. The second-order valence-corrected chi connectivity index (χ2v) is 3.17. The van der Waals surface area contributed by atoms with E-state index in [4.69, 9.17) is 5.11 Å². The number of amides is 1. The molecule has 0 fully saturated rings. The van der Waals surface area contributed by atoms with Crippen LogP contribution in [0.25, 0.3) is 0 Å². The van der Waals surface area contributed by atoms with E-state index in [1.807, 2.05) is 0 Å². The predicted octanol–water partition coefficient (Wildman–Crippen LogP) is -0.283. The van der Waals surface area contributed by atoms with Crippen molar-refractivity contribution in [1.29, 1.82) is 0 Å². The van der Waals surface area contributed by atoms with Crippen molar-refractivity contribution in [2.75, 3.05) is 19.0 Å². The summed E-state index contributed by atoms with van der Waals surface area (Å²) in [7, 11) is 2.93. The molecule has 6 nitrogen and oxygen atoms in total. The maximum absolute atomic E-state index is 11.8. The van der Waals surface area contributed by atoms with E-state index in [0.717, 1.165) is 0 Å². The number of aliphatic carboxylic acids is 1. The van der Waals surface area contributed by atoms with E-state index in [1.165, 1.54) is 25.2 Å². The first-order valence-electron chi connectivity index (χ1n) is 4.65. The number of carboxylic acid groups (broad SMARTS) is 1. The number of nitrogens with one attached hydrogen (secondary N) is 1. The van der Waals surface area contributed by atoms with Crippen LogP contribution in [0.3, 0.4) is 0 Å². The summed E-state index contributed by atoms with van der Waals surface area (Å²) in [6.07, 6.45) is 3.07. The minimum absolute atomic E-state index is 0.539. The SMILES string of the molecule is CNC(C(=O)O)C(=O)N(C)c1cccnc1. The van der Waals surface area contributed by atoms with Gasteiger partial charge in [0.15, 0.2) is 6.04 Å². The van der Waals surface area contributed by atoms with Crippen LogP contribution < -0.4 is 10.2 Å². The second-order valence-electron chi connectivity index (χ2n) is 3.17. The molecule has 0 aromatic carbocycles. The topological polar surface area (TPSA) is 82.5 Å². The van der Waals surface area contributed by atoms with Gasteiger partial charge in [0.25, 0.3) is 5.91 Å². The van der Waals surface area contributed by atoms with Crippen molar-refractivity contribution in [2.24, 2.45) is 0 Å². The van der Waals surface area contributed by atoms with Gasteiger partial charge in [-0.05, 0) is 19.2 Å². The van der Waals surface area contributed by atoms with Crippen molar-refractivity contribution in [3.8, 4) is 0 Å². The highest BCUT2D eigenvalue weighted by Crippen LogP contribution is 2.10. The molecule has 0 aliphatic rings. The standard InChI is InChI=1S/C10H13N3O3/c1-11-8(10(15)16)9(14)13(2)7-4-3-5-12-6-7/h3-6,8,11H,1-2H3,(H,15,16). The number of carboxylic acids is 1. The van der Waals surface area contributed by atoms with Crippen molar-refractivity contribution in [1.82, 2.24) is 10.3 Å². The summed E-state index contributed by atoms with van der Waals surface area (Å²) < 4.78 is 0. The molecule has 1 atom stereocenters. The van der Waals surface area contributed by atoms with Gasteiger partial charge in [-0.3, -0.25) is 15.1 Å². The molecular weight excluding hydrogens is 210 g/mol. The Labute approximate surface area is 92.9 Å². The molecule has 1 amide bonds. The van der Waals surface area contributed by atoms with Crippen LogP contribution in [0, 0.1) is 0 Å². The lowest BCUT2D eigenvalue weighted by molar-refractivity contribution is -0.143. The van der Waals surface area contributed by atoms with E-state index in [9.17, 15) is 9.59 Å². The predicted molar refractivity (Wildman–Crippen MR) is 58.1 cm³/mol. The van der Waals surface area contributed by atoms with Crippen LogP contribution in [0.5, 0.6) is 0 Å². The average Bonchev–Trinajstić information content (AvgIpc) is 2.29. The summed E-state index contributed by atoms with van der Waals surface area (Å²) in [4.78, 5) is 27.7. The van der Waals surface area contributed by atoms with E-state index < -0.39 is 17.9 Å². The maximum atomic E-state index is 11.8. The third-order valence-corrected chi connectivity index (χ3v) is 2.15. The third kappa shape index (κ3) is 2.54. The Morgan fingerprint density at radius 2 is 2.25 bits per heavy atom.